The molecule has 0 saturated carbocycles. The molecule has 0 spiro atoms. The molecular weight excluding hydrogens is 312 g/mol. The Bertz CT molecular complexity index is 637. The van der Waals surface area contributed by atoms with E-state index in [0.29, 0.717) is 0 Å². The van der Waals surface area contributed by atoms with Crippen molar-refractivity contribution < 1.29 is 16.8 Å². The average molecular weight is 334 g/mol. The first-order valence-electron chi connectivity index (χ1n) is 6.76. The molecule has 0 fully saturated rings. The molecule has 120 valence electrons. The number of hydrogen-bond donors (Lipinski definition) is 2. The minimum Gasteiger partial charge on any atom is -0.385 e. The van der Waals surface area contributed by atoms with Crippen molar-refractivity contribution in [3.63, 3.8) is 0 Å². The number of anilines is 1. The van der Waals surface area contributed by atoms with Gasteiger partial charge in [-0.3, -0.25) is 0 Å². The first-order chi connectivity index (χ1) is 9.74. The van der Waals surface area contributed by atoms with E-state index in [1.807, 2.05) is 6.92 Å². The largest absolute Gasteiger partial charge is 0.385 e. The monoisotopic (exact) mass is 334 g/mol. The zero-order chi connectivity index (χ0) is 15.9. The Morgan fingerprint density at radius 1 is 1.00 bits per heavy atom. The zero-order valence-electron chi connectivity index (χ0n) is 12.3. The number of sulfone groups is 1. The van der Waals surface area contributed by atoms with Crippen LogP contribution >= 0.6 is 0 Å². The third kappa shape index (κ3) is 6.92. The Morgan fingerprint density at radius 2 is 1.62 bits per heavy atom. The predicted octanol–water partition coefficient (Wildman–Crippen LogP) is 1.22. The van der Waals surface area contributed by atoms with Gasteiger partial charge in [-0.05, 0) is 37.1 Å². The maximum absolute atomic E-state index is 12.0. The van der Waals surface area contributed by atoms with Gasteiger partial charge in [0.25, 0.3) is 0 Å². The van der Waals surface area contributed by atoms with Crippen molar-refractivity contribution in [2.75, 3.05) is 30.4 Å². The Kier molecular flexibility index (Phi) is 6.63. The summed E-state index contributed by atoms with van der Waals surface area (Å²) in [6.07, 6.45) is 2.37. The van der Waals surface area contributed by atoms with E-state index >= 15 is 0 Å². The molecule has 21 heavy (non-hydrogen) atoms. The van der Waals surface area contributed by atoms with Crippen LogP contribution in [0.1, 0.15) is 19.8 Å². The van der Waals surface area contributed by atoms with Gasteiger partial charge in [0, 0.05) is 25.0 Å². The molecule has 0 unspecified atom stereocenters. The van der Waals surface area contributed by atoms with Gasteiger partial charge in [-0.1, -0.05) is 6.92 Å². The molecule has 0 heterocycles. The van der Waals surface area contributed by atoms with Crippen LogP contribution in [-0.2, 0) is 19.9 Å². The van der Waals surface area contributed by atoms with E-state index < -0.39 is 19.9 Å². The zero-order valence-corrected chi connectivity index (χ0v) is 13.9. The number of rotatable bonds is 9. The Labute approximate surface area is 126 Å². The van der Waals surface area contributed by atoms with Crippen LogP contribution in [0, 0.1) is 0 Å². The summed E-state index contributed by atoms with van der Waals surface area (Å²) in [5.41, 5.74) is 0.868. The van der Waals surface area contributed by atoms with Crippen molar-refractivity contribution in [2.24, 2.45) is 0 Å². The molecular formula is C13H22N2O4S2. The summed E-state index contributed by atoms with van der Waals surface area (Å²) in [5, 5.41) is 3.16. The number of benzene rings is 1. The summed E-state index contributed by atoms with van der Waals surface area (Å²) < 4.78 is 48.3. The van der Waals surface area contributed by atoms with E-state index in [2.05, 4.69) is 10.0 Å². The SMILES string of the molecule is CCCNc1ccc(S(=O)(=O)NCCCS(C)(=O)=O)cc1. The normalized spacial score (nSPS) is 12.3. The molecule has 6 nitrogen and oxygen atoms in total. The van der Waals surface area contributed by atoms with Crippen molar-refractivity contribution in [1.29, 1.82) is 0 Å². The smallest absolute Gasteiger partial charge is 0.240 e. The molecule has 1 aromatic carbocycles. The molecule has 8 heteroatoms. The second-order valence-electron chi connectivity index (χ2n) is 4.83. The fraction of sp³-hybridized carbons (Fsp3) is 0.538. The highest BCUT2D eigenvalue weighted by Crippen LogP contribution is 2.13. The van der Waals surface area contributed by atoms with Gasteiger partial charge in [-0.15, -0.1) is 0 Å². The van der Waals surface area contributed by atoms with E-state index in [4.69, 9.17) is 0 Å². The number of nitrogens with one attached hydrogen (secondary N) is 2. The molecule has 0 aliphatic carbocycles. The number of hydrogen-bond acceptors (Lipinski definition) is 5. The van der Waals surface area contributed by atoms with Crippen molar-refractivity contribution in [2.45, 2.75) is 24.7 Å². The lowest BCUT2D eigenvalue weighted by atomic mass is 10.3. The Hall–Kier alpha value is -1.12. The third-order valence-electron chi connectivity index (χ3n) is 2.73. The maximum atomic E-state index is 12.0. The van der Waals surface area contributed by atoms with Crippen LogP contribution in [-0.4, -0.2) is 41.9 Å². The predicted molar refractivity (Wildman–Crippen MR) is 84.7 cm³/mol. The molecule has 0 amide bonds. The standard InChI is InChI=1S/C13H22N2O4S2/c1-3-9-14-12-5-7-13(8-6-12)21(18,19)15-10-4-11-20(2,16)17/h5-8,14-15H,3-4,9-11H2,1-2H3. The molecule has 0 aliphatic rings. The molecule has 1 aromatic rings. The fourth-order valence-corrected chi connectivity index (χ4v) is 3.39. The highest BCUT2D eigenvalue weighted by Gasteiger charge is 2.13. The van der Waals surface area contributed by atoms with Gasteiger partial charge in [0.1, 0.15) is 9.84 Å². The second kappa shape index (κ2) is 7.77. The summed E-state index contributed by atoms with van der Waals surface area (Å²) in [7, 11) is -6.65. The molecule has 0 aliphatic heterocycles. The second-order valence-corrected chi connectivity index (χ2v) is 8.86. The molecule has 1 rings (SSSR count). The van der Waals surface area contributed by atoms with Crippen molar-refractivity contribution in [3.8, 4) is 0 Å². The van der Waals surface area contributed by atoms with Gasteiger partial charge in [0.15, 0.2) is 0 Å². The summed E-state index contributed by atoms with van der Waals surface area (Å²) in [4.78, 5) is 0.170. The van der Waals surface area contributed by atoms with Gasteiger partial charge < -0.3 is 5.32 Å². The van der Waals surface area contributed by atoms with E-state index in [-0.39, 0.29) is 23.6 Å². The lowest BCUT2D eigenvalue weighted by Gasteiger charge is -2.08. The minimum absolute atomic E-state index is 0.0323. The highest BCUT2D eigenvalue weighted by molar-refractivity contribution is 7.90. The van der Waals surface area contributed by atoms with Crippen LogP contribution in [0.25, 0.3) is 0 Å². The van der Waals surface area contributed by atoms with Gasteiger partial charge in [-0.25, -0.2) is 21.6 Å². The highest BCUT2D eigenvalue weighted by atomic mass is 32.2. The van der Waals surface area contributed by atoms with E-state index in [1.54, 1.807) is 12.1 Å². The molecule has 0 radical (unpaired) electrons. The van der Waals surface area contributed by atoms with Crippen LogP contribution in [0.15, 0.2) is 29.2 Å². The number of sulfonamides is 1. The molecule has 0 saturated heterocycles. The maximum Gasteiger partial charge on any atom is 0.240 e. The summed E-state index contributed by atoms with van der Waals surface area (Å²) in [6, 6.07) is 6.47. The van der Waals surface area contributed by atoms with E-state index in [0.717, 1.165) is 24.9 Å². The van der Waals surface area contributed by atoms with Gasteiger partial charge >= 0.3 is 0 Å². The van der Waals surface area contributed by atoms with Crippen molar-refractivity contribution >= 4 is 25.5 Å². The Morgan fingerprint density at radius 3 is 2.14 bits per heavy atom. The lowest BCUT2D eigenvalue weighted by Crippen LogP contribution is -2.26. The minimum atomic E-state index is -3.59. The van der Waals surface area contributed by atoms with Crippen LogP contribution in [0.5, 0.6) is 0 Å². The first kappa shape index (κ1) is 17.9. The molecule has 2 N–H and O–H groups in total. The summed E-state index contributed by atoms with van der Waals surface area (Å²) in [5.74, 6) is -0.0323. The van der Waals surface area contributed by atoms with Crippen molar-refractivity contribution in [1.82, 2.24) is 4.72 Å². The van der Waals surface area contributed by atoms with Gasteiger partial charge in [0.2, 0.25) is 10.0 Å². The van der Waals surface area contributed by atoms with Crippen LogP contribution in [0.2, 0.25) is 0 Å². The summed E-state index contributed by atoms with van der Waals surface area (Å²) in [6.45, 7) is 2.98. The molecule has 0 bridgehead atoms. The van der Waals surface area contributed by atoms with Gasteiger partial charge in [-0.2, -0.15) is 0 Å². The van der Waals surface area contributed by atoms with Gasteiger partial charge in [0.05, 0.1) is 10.6 Å². The van der Waals surface area contributed by atoms with E-state index in [1.165, 1.54) is 12.1 Å². The van der Waals surface area contributed by atoms with Crippen LogP contribution < -0.4 is 10.0 Å². The fourth-order valence-electron chi connectivity index (χ4n) is 1.65. The first-order valence-corrected chi connectivity index (χ1v) is 10.3. The molecule has 0 atom stereocenters. The third-order valence-corrected chi connectivity index (χ3v) is 5.23. The Balaban J connectivity index is 2.57. The van der Waals surface area contributed by atoms with Crippen LogP contribution in [0.3, 0.4) is 0 Å². The van der Waals surface area contributed by atoms with Crippen LogP contribution in [0.4, 0.5) is 5.69 Å². The quantitative estimate of drug-likeness (QED) is 0.663. The molecule has 0 aromatic heterocycles. The topological polar surface area (TPSA) is 92.3 Å². The lowest BCUT2D eigenvalue weighted by molar-refractivity contribution is 0.577. The van der Waals surface area contributed by atoms with Crippen molar-refractivity contribution in [3.05, 3.63) is 24.3 Å². The summed E-state index contributed by atoms with van der Waals surface area (Å²) >= 11 is 0. The van der Waals surface area contributed by atoms with E-state index in [9.17, 15) is 16.8 Å². The average Bonchev–Trinajstić information content (AvgIpc) is 2.41.